The first-order valence-corrected chi connectivity index (χ1v) is 6.36. The van der Waals surface area contributed by atoms with Gasteiger partial charge in [0.25, 0.3) is 0 Å². The van der Waals surface area contributed by atoms with E-state index in [1.165, 1.54) is 4.90 Å². The van der Waals surface area contributed by atoms with E-state index in [0.29, 0.717) is 24.5 Å². The Hall–Kier alpha value is -1.26. The molecule has 0 radical (unpaired) electrons. The lowest BCUT2D eigenvalue weighted by molar-refractivity contribution is 0.126. The van der Waals surface area contributed by atoms with Gasteiger partial charge in [-0.15, -0.1) is 0 Å². The summed E-state index contributed by atoms with van der Waals surface area (Å²) in [4.78, 5) is 12.4. The van der Waals surface area contributed by atoms with Crippen molar-refractivity contribution in [3.8, 4) is 0 Å². The highest BCUT2D eigenvalue weighted by Crippen LogP contribution is 2.29. The number of hydrogen-bond acceptors (Lipinski definition) is 2. The molecule has 1 saturated heterocycles. The summed E-state index contributed by atoms with van der Waals surface area (Å²) in [7, 11) is 0. The highest BCUT2D eigenvalue weighted by atomic mass is 35.5. The number of aryl methyl sites for hydroxylation is 1. The summed E-state index contributed by atoms with van der Waals surface area (Å²) in [6, 6.07) is 5.81. The van der Waals surface area contributed by atoms with Gasteiger partial charge < -0.3 is 15.7 Å². The van der Waals surface area contributed by atoms with Gasteiger partial charge in [-0.1, -0.05) is 23.7 Å². The summed E-state index contributed by atoms with van der Waals surface area (Å²) < 4.78 is 0. The second-order valence-corrected chi connectivity index (χ2v) is 5.20. The van der Waals surface area contributed by atoms with Gasteiger partial charge in [0.1, 0.15) is 0 Å². The topological polar surface area (TPSA) is 66.6 Å². The van der Waals surface area contributed by atoms with Gasteiger partial charge in [-0.3, -0.25) is 0 Å². The predicted octanol–water partition coefficient (Wildman–Crippen LogP) is 2.44. The molecular weight excluding hydrogens is 252 g/mol. The van der Waals surface area contributed by atoms with E-state index in [4.69, 9.17) is 22.4 Å². The molecular formula is C13H17ClN2O2. The average Bonchev–Trinajstić information content (AvgIpc) is 2.33. The van der Waals surface area contributed by atoms with Crippen LogP contribution in [0, 0.1) is 6.92 Å². The molecule has 18 heavy (non-hydrogen) atoms. The van der Waals surface area contributed by atoms with Crippen molar-refractivity contribution in [2.24, 2.45) is 5.73 Å². The van der Waals surface area contributed by atoms with Crippen LogP contribution in [0.1, 0.15) is 23.5 Å². The Labute approximate surface area is 111 Å². The molecule has 2 atom stereocenters. The number of carbonyl (C=O) groups is 1. The second-order valence-electron chi connectivity index (χ2n) is 4.80. The summed E-state index contributed by atoms with van der Waals surface area (Å²) in [5, 5.41) is 9.75. The minimum absolute atomic E-state index is 0.0145. The maximum atomic E-state index is 11.0. The average molecular weight is 269 g/mol. The van der Waals surface area contributed by atoms with Crippen molar-refractivity contribution in [2.75, 3.05) is 13.1 Å². The quantitative estimate of drug-likeness (QED) is 0.822. The Kier molecular flexibility index (Phi) is 3.78. The number of halogens is 1. The number of hydrogen-bond donors (Lipinski definition) is 2. The number of likely N-dealkylation sites (tertiary alicyclic amines) is 1. The molecule has 1 fully saturated rings. The van der Waals surface area contributed by atoms with E-state index in [0.717, 1.165) is 11.1 Å². The minimum atomic E-state index is -0.884. The second kappa shape index (κ2) is 5.16. The van der Waals surface area contributed by atoms with Gasteiger partial charge in [0.15, 0.2) is 0 Å². The van der Waals surface area contributed by atoms with Crippen LogP contribution in [0.15, 0.2) is 18.2 Å². The molecule has 1 aromatic carbocycles. The van der Waals surface area contributed by atoms with E-state index in [-0.39, 0.29) is 12.0 Å². The lowest BCUT2D eigenvalue weighted by atomic mass is 9.86. The molecule has 1 aliphatic heterocycles. The predicted molar refractivity (Wildman–Crippen MR) is 71.1 cm³/mol. The molecule has 1 amide bonds. The van der Waals surface area contributed by atoms with E-state index in [1.807, 2.05) is 25.1 Å². The van der Waals surface area contributed by atoms with Gasteiger partial charge in [-0.25, -0.2) is 4.79 Å². The molecule has 2 rings (SSSR count). The third-order valence-electron chi connectivity index (χ3n) is 3.56. The Bertz CT molecular complexity index is 464. The minimum Gasteiger partial charge on any atom is -0.465 e. The zero-order valence-electron chi connectivity index (χ0n) is 10.3. The van der Waals surface area contributed by atoms with E-state index >= 15 is 0 Å². The molecule has 0 aliphatic carbocycles. The standard InChI is InChI=1S/C13H17ClN2O2/c1-8-2-3-9(6-11(8)14)10-7-16(13(17)18)5-4-12(10)15/h2-3,6,10,12H,4-5,7,15H2,1H3,(H,17,18)/t10-,12+/m0/s1. The maximum absolute atomic E-state index is 11.0. The molecule has 1 aliphatic rings. The molecule has 3 N–H and O–H groups in total. The molecule has 0 aromatic heterocycles. The van der Waals surface area contributed by atoms with E-state index in [1.54, 1.807) is 0 Å². The zero-order valence-corrected chi connectivity index (χ0v) is 11.0. The summed E-state index contributed by atoms with van der Waals surface area (Å²) in [6.07, 6.45) is -0.201. The normalized spacial score (nSPS) is 24.1. The van der Waals surface area contributed by atoms with E-state index < -0.39 is 6.09 Å². The molecule has 5 heteroatoms. The van der Waals surface area contributed by atoms with Crippen molar-refractivity contribution in [3.05, 3.63) is 34.3 Å². The van der Waals surface area contributed by atoms with Crippen molar-refractivity contribution in [1.82, 2.24) is 4.90 Å². The Balaban J connectivity index is 2.24. The first-order chi connectivity index (χ1) is 8.49. The van der Waals surface area contributed by atoms with Gasteiger partial charge in [-0.05, 0) is 30.5 Å². The fraction of sp³-hybridized carbons (Fsp3) is 0.462. The summed E-state index contributed by atoms with van der Waals surface area (Å²) in [5.74, 6) is 0.0212. The molecule has 1 aromatic rings. The lowest BCUT2D eigenvalue weighted by Crippen LogP contribution is -2.47. The molecule has 1 heterocycles. The van der Waals surface area contributed by atoms with Crippen LogP contribution >= 0.6 is 11.6 Å². The van der Waals surface area contributed by atoms with Crippen molar-refractivity contribution < 1.29 is 9.90 Å². The number of amides is 1. The van der Waals surface area contributed by atoms with Crippen LogP contribution in [0.25, 0.3) is 0 Å². The molecule has 0 unspecified atom stereocenters. The monoisotopic (exact) mass is 268 g/mol. The van der Waals surface area contributed by atoms with Crippen molar-refractivity contribution in [1.29, 1.82) is 0 Å². The zero-order chi connectivity index (χ0) is 13.3. The van der Waals surface area contributed by atoms with E-state index in [2.05, 4.69) is 0 Å². The van der Waals surface area contributed by atoms with Gasteiger partial charge in [0, 0.05) is 30.1 Å². The number of benzene rings is 1. The Morgan fingerprint density at radius 2 is 2.28 bits per heavy atom. The third kappa shape index (κ3) is 2.60. The SMILES string of the molecule is Cc1ccc([C@@H]2CN(C(=O)O)CC[C@H]2N)cc1Cl. The first-order valence-electron chi connectivity index (χ1n) is 5.98. The van der Waals surface area contributed by atoms with Crippen molar-refractivity contribution in [2.45, 2.75) is 25.3 Å². The van der Waals surface area contributed by atoms with Gasteiger partial charge in [0.2, 0.25) is 0 Å². The summed E-state index contributed by atoms with van der Waals surface area (Å²) in [6.45, 7) is 2.89. The highest BCUT2D eigenvalue weighted by Gasteiger charge is 2.30. The largest absolute Gasteiger partial charge is 0.465 e. The molecule has 0 spiro atoms. The summed E-state index contributed by atoms with van der Waals surface area (Å²) >= 11 is 6.11. The summed E-state index contributed by atoms with van der Waals surface area (Å²) in [5.41, 5.74) is 8.13. The number of nitrogens with two attached hydrogens (primary N) is 1. The Morgan fingerprint density at radius 1 is 1.56 bits per heavy atom. The highest BCUT2D eigenvalue weighted by molar-refractivity contribution is 6.31. The van der Waals surface area contributed by atoms with Crippen LogP contribution in [0.4, 0.5) is 4.79 Å². The maximum Gasteiger partial charge on any atom is 0.407 e. The van der Waals surface area contributed by atoms with Crippen LogP contribution in [-0.2, 0) is 0 Å². The van der Waals surface area contributed by atoms with Crippen LogP contribution < -0.4 is 5.73 Å². The number of carboxylic acid groups (broad SMARTS) is 1. The number of rotatable bonds is 1. The molecule has 98 valence electrons. The van der Waals surface area contributed by atoms with Crippen molar-refractivity contribution in [3.63, 3.8) is 0 Å². The van der Waals surface area contributed by atoms with Crippen LogP contribution in [-0.4, -0.2) is 35.2 Å². The lowest BCUT2D eigenvalue weighted by Gasteiger charge is -2.35. The van der Waals surface area contributed by atoms with Crippen LogP contribution in [0.2, 0.25) is 5.02 Å². The van der Waals surface area contributed by atoms with E-state index in [9.17, 15) is 4.79 Å². The Morgan fingerprint density at radius 3 is 2.89 bits per heavy atom. The number of nitrogens with zero attached hydrogens (tertiary/aromatic N) is 1. The van der Waals surface area contributed by atoms with Crippen LogP contribution in [0.3, 0.4) is 0 Å². The fourth-order valence-electron chi connectivity index (χ4n) is 2.34. The van der Waals surface area contributed by atoms with Gasteiger partial charge >= 0.3 is 6.09 Å². The third-order valence-corrected chi connectivity index (χ3v) is 3.97. The molecule has 0 bridgehead atoms. The smallest absolute Gasteiger partial charge is 0.407 e. The number of piperidine rings is 1. The van der Waals surface area contributed by atoms with Gasteiger partial charge in [0.05, 0.1) is 0 Å². The fourth-order valence-corrected chi connectivity index (χ4v) is 2.53. The molecule has 4 nitrogen and oxygen atoms in total. The van der Waals surface area contributed by atoms with Crippen LogP contribution in [0.5, 0.6) is 0 Å². The molecule has 0 saturated carbocycles. The first kappa shape index (κ1) is 13.2. The van der Waals surface area contributed by atoms with Gasteiger partial charge in [-0.2, -0.15) is 0 Å². The van der Waals surface area contributed by atoms with Crippen molar-refractivity contribution >= 4 is 17.7 Å².